The molecule has 4 nitrogen and oxygen atoms in total. The van der Waals surface area contributed by atoms with Gasteiger partial charge in [-0.25, -0.2) is 4.98 Å². The number of benzene rings is 1. The lowest BCUT2D eigenvalue weighted by Crippen LogP contribution is -2.55. The van der Waals surface area contributed by atoms with Crippen LogP contribution < -0.4 is 4.90 Å². The number of pyridine rings is 1. The van der Waals surface area contributed by atoms with E-state index in [0.717, 1.165) is 32.6 Å². The molecule has 0 saturated carbocycles. The van der Waals surface area contributed by atoms with Crippen LogP contribution in [0, 0.1) is 0 Å². The Labute approximate surface area is 156 Å². The molecule has 4 heteroatoms. The summed E-state index contributed by atoms with van der Waals surface area (Å²) in [6.07, 6.45) is 4.53. The molecule has 0 amide bonds. The van der Waals surface area contributed by atoms with Gasteiger partial charge in [0.05, 0.1) is 12.7 Å². The van der Waals surface area contributed by atoms with Crippen LogP contribution in [0.2, 0.25) is 0 Å². The first-order valence-electron chi connectivity index (χ1n) is 9.82. The second-order valence-corrected chi connectivity index (χ2v) is 7.74. The second-order valence-electron chi connectivity index (χ2n) is 7.74. The van der Waals surface area contributed by atoms with Crippen molar-refractivity contribution in [3.63, 3.8) is 0 Å². The molecule has 1 saturated heterocycles. The Morgan fingerprint density at radius 2 is 2.00 bits per heavy atom. The van der Waals surface area contributed by atoms with Gasteiger partial charge in [-0.1, -0.05) is 30.3 Å². The number of anilines is 1. The Morgan fingerprint density at radius 3 is 2.81 bits per heavy atom. The Kier molecular flexibility index (Phi) is 5.23. The first-order chi connectivity index (χ1) is 12.7. The van der Waals surface area contributed by atoms with Gasteiger partial charge in [-0.2, -0.15) is 0 Å². The van der Waals surface area contributed by atoms with Crippen molar-refractivity contribution >= 4 is 5.82 Å². The normalized spacial score (nSPS) is 20.1. The molecule has 3 heterocycles. The Hall–Kier alpha value is -1.91. The van der Waals surface area contributed by atoms with Crippen LogP contribution in [0.5, 0.6) is 0 Å². The van der Waals surface area contributed by atoms with Gasteiger partial charge < -0.3 is 9.64 Å². The van der Waals surface area contributed by atoms with Crippen molar-refractivity contribution in [2.24, 2.45) is 0 Å². The Morgan fingerprint density at radius 1 is 1.15 bits per heavy atom. The maximum absolute atomic E-state index is 5.86. The van der Waals surface area contributed by atoms with Gasteiger partial charge in [0, 0.05) is 44.0 Å². The van der Waals surface area contributed by atoms with Crippen LogP contribution >= 0.6 is 0 Å². The monoisotopic (exact) mass is 351 g/mol. The largest absolute Gasteiger partial charge is 0.374 e. The number of rotatable bonds is 5. The number of hydrogen-bond donors (Lipinski definition) is 0. The molecule has 0 N–H and O–H groups in total. The maximum Gasteiger partial charge on any atom is 0.132 e. The van der Waals surface area contributed by atoms with E-state index in [1.807, 2.05) is 6.20 Å². The maximum atomic E-state index is 5.86. The van der Waals surface area contributed by atoms with Gasteiger partial charge in [-0.3, -0.25) is 4.90 Å². The van der Waals surface area contributed by atoms with Crippen molar-refractivity contribution < 1.29 is 4.74 Å². The van der Waals surface area contributed by atoms with Crippen LogP contribution in [-0.4, -0.2) is 41.7 Å². The summed E-state index contributed by atoms with van der Waals surface area (Å²) in [5, 5.41) is 0. The fourth-order valence-corrected chi connectivity index (χ4v) is 4.17. The van der Waals surface area contributed by atoms with E-state index >= 15 is 0 Å². The van der Waals surface area contributed by atoms with Gasteiger partial charge >= 0.3 is 0 Å². The third-order valence-electron chi connectivity index (χ3n) is 5.52. The van der Waals surface area contributed by atoms with Crippen LogP contribution in [0.1, 0.15) is 37.0 Å². The van der Waals surface area contributed by atoms with E-state index in [0.29, 0.717) is 12.6 Å². The molecular weight excluding hydrogens is 322 g/mol. The average Bonchev–Trinajstić information content (AvgIpc) is 2.66. The minimum atomic E-state index is 0.261. The van der Waals surface area contributed by atoms with Gasteiger partial charge in [0.1, 0.15) is 5.82 Å². The average molecular weight is 351 g/mol. The summed E-state index contributed by atoms with van der Waals surface area (Å²) in [7, 11) is 0. The SMILES string of the molecule is CC(C)OCc1ccnc2c1CC[C@@H]1CN(Cc3ccccc3)CCN21. The summed E-state index contributed by atoms with van der Waals surface area (Å²) < 4.78 is 5.86. The number of ether oxygens (including phenoxy) is 1. The summed E-state index contributed by atoms with van der Waals surface area (Å²) >= 11 is 0. The molecule has 2 aliphatic heterocycles. The minimum absolute atomic E-state index is 0.261. The number of piperazine rings is 1. The molecule has 1 aromatic heterocycles. The van der Waals surface area contributed by atoms with Crippen molar-refractivity contribution in [1.82, 2.24) is 9.88 Å². The van der Waals surface area contributed by atoms with Gasteiger partial charge in [0.2, 0.25) is 0 Å². The molecule has 26 heavy (non-hydrogen) atoms. The fraction of sp³-hybridized carbons (Fsp3) is 0.500. The molecule has 138 valence electrons. The van der Waals surface area contributed by atoms with Crippen LogP contribution in [0.25, 0.3) is 0 Å². The zero-order chi connectivity index (χ0) is 17.9. The van der Waals surface area contributed by atoms with Crippen molar-refractivity contribution in [3.8, 4) is 0 Å². The predicted molar refractivity (Wildman–Crippen MR) is 105 cm³/mol. The lowest BCUT2D eigenvalue weighted by molar-refractivity contribution is 0.0651. The van der Waals surface area contributed by atoms with Crippen LogP contribution in [0.15, 0.2) is 42.6 Å². The van der Waals surface area contributed by atoms with E-state index in [2.05, 4.69) is 60.0 Å². The number of nitrogens with zero attached hydrogens (tertiary/aromatic N) is 3. The Bertz CT molecular complexity index is 731. The number of fused-ring (bicyclic) bond motifs is 3. The summed E-state index contributed by atoms with van der Waals surface area (Å²) in [5.74, 6) is 1.20. The lowest BCUT2D eigenvalue weighted by Gasteiger charge is -2.45. The van der Waals surface area contributed by atoms with E-state index in [9.17, 15) is 0 Å². The standard InChI is InChI=1S/C22H29N3O/c1-17(2)26-16-19-10-11-23-22-21(19)9-8-20-15-24(12-13-25(20)22)14-18-6-4-3-5-7-18/h3-7,10-11,17,20H,8-9,12-16H2,1-2H3/t20-/m1/s1. The molecule has 0 aliphatic carbocycles. The zero-order valence-corrected chi connectivity index (χ0v) is 15.9. The minimum Gasteiger partial charge on any atom is -0.374 e. The van der Waals surface area contributed by atoms with Gasteiger partial charge in [0.15, 0.2) is 0 Å². The topological polar surface area (TPSA) is 28.6 Å². The van der Waals surface area contributed by atoms with Gasteiger partial charge in [0.25, 0.3) is 0 Å². The van der Waals surface area contributed by atoms with Crippen LogP contribution in [0.4, 0.5) is 5.82 Å². The van der Waals surface area contributed by atoms with Gasteiger partial charge in [-0.05, 0) is 43.9 Å². The van der Waals surface area contributed by atoms with Crippen molar-refractivity contribution in [2.75, 3.05) is 24.5 Å². The molecule has 2 aromatic rings. The van der Waals surface area contributed by atoms with E-state index in [-0.39, 0.29) is 6.10 Å². The highest BCUT2D eigenvalue weighted by atomic mass is 16.5. The number of hydrogen-bond acceptors (Lipinski definition) is 4. The van der Waals surface area contributed by atoms with E-state index < -0.39 is 0 Å². The van der Waals surface area contributed by atoms with E-state index in [4.69, 9.17) is 9.72 Å². The third kappa shape index (κ3) is 3.76. The lowest BCUT2D eigenvalue weighted by atomic mass is 9.93. The molecule has 0 unspecified atom stereocenters. The second kappa shape index (κ2) is 7.77. The van der Waals surface area contributed by atoms with E-state index in [1.165, 1.54) is 28.9 Å². The summed E-state index contributed by atoms with van der Waals surface area (Å²) in [6.45, 7) is 9.22. The van der Waals surface area contributed by atoms with Crippen LogP contribution in [-0.2, 0) is 24.3 Å². The molecule has 2 aliphatic rings. The summed E-state index contributed by atoms with van der Waals surface area (Å²) in [5.41, 5.74) is 4.12. The molecule has 4 rings (SSSR count). The zero-order valence-electron chi connectivity index (χ0n) is 15.9. The highest BCUT2D eigenvalue weighted by molar-refractivity contribution is 5.54. The van der Waals surface area contributed by atoms with Crippen molar-refractivity contribution in [3.05, 3.63) is 59.3 Å². The quantitative estimate of drug-likeness (QED) is 0.822. The highest BCUT2D eigenvalue weighted by Crippen LogP contribution is 2.33. The fourth-order valence-electron chi connectivity index (χ4n) is 4.17. The smallest absolute Gasteiger partial charge is 0.132 e. The Balaban J connectivity index is 1.46. The van der Waals surface area contributed by atoms with E-state index in [1.54, 1.807) is 0 Å². The summed E-state index contributed by atoms with van der Waals surface area (Å²) in [6, 6.07) is 13.5. The molecular formula is C22H29N3O. The molecule has 1 aromatic carbocycles. The molecule has 0 bridgehead atoms. The van der Waals surface area contributed by atoms with Crippen LogP contribution in [0.3, 0.4) is 0 Å². The predicted octanol–water partition coefficient (Wildman–Crippen LogP) is 3.64. The van der Waals surface area contributed by atoms with Gasteiger partial charge in [-0.15, -0.1) is 0 Å². The number of aromatic nitrogens is 1. The molecule has 1 atom stereocenters. The first kappa shape index (κ1) is 17.5. The highest BCUT2D eigenvalue weighted by Gasteiger charge is 2.33. The molecule has 0 radical (unpaired) electrons. The van der Waals surface area contributed by atoms with Crippen molar-refractivity contribution in [1.29, 1.82) is 0 Å². The first-order valence-corrected chi connectivity index (χ1v) is 9.82. The molecule has 1 fully saturated rings. The third-order valence-corrected chi connectivity index (χ3v) is 5.52. The summed E-state index contributed by atoms with van der Waals surface area (Å²) in [4.78, 5) is 9.88. The molecule has 0 spiro atoms. The van der Waals surface area contributed by atoms with Crippen molar-refractivity contribution in [2.45, 2.75) is 52.0 Å².